The average Bonchev–Trinajstić information content (AvgIpc) is 3.29. The molecule has 4 heteroatoms. The van der Waals surface area contributed by atoms with Crippen molar-refractivity contribution < 1.29 is 9.47 Å². The molecule has 1 aliphatic rings. The molecule has 0 radical (unpaired) electrons. The van der Waals surface area contributed by atoms with Crippen LogP contribution in [0, 0.1) is 0 Å². The fourth-order valence-corrected chi connectivity index (χ4v) is 3.28. The van der Waals surface area contributed by atoms with E-state index in [2.05, 4.69) is 0 Å². The monoisotopic (exact) mass is 318 g/mol. The van der Waals surface area contributed by atoms with Crippen LogP contribution in [0.3, 0.4) is 0 Å². The number of halogens is 2. The summed E-state index contributed by atoms with van der Waals surface area (Å²) in [6.45, 7) is 0.712. The molecule has 0 unspecified atom stereocenters. The Labute approximate surface area is 132 Å². The largest absolute Gasteiger partial charge is 0.496 e. The molecule has 1 aliphatic heterocycles. The zero-order valence-corrected chi connectivity index (χ0v) is 12.8. The highest BCUT2D eigenvalue weighted by atomic mass is 35.5. The molecule has 3 aromatic rings. The summed E-state index contributed by atoms with van der Waals surface area (Å²) in [4.78, 5) is 0. The molecule has 106 valence electrons. The van der Waals surface area contributed by atoms with Crippen molar-refractivity contribution >= 4 is 44.7 Å². The third-order valence-electron chi connectivity index (χ3n) is 3.89. The molecule has 1 atom stereocenters. The molecule has 0 aromatic heterocycles. The summed E-state index contributed by atoms with van der Waals surface area (Å²) >= 11 is 12.3. The van der Waals surface area contributed by atoms with E-state index >= 15 is 0 Å². The van der Waals surface area contributed by atoms with Crippen molar-refractivity contribution in [1.29, 1.82) is 0 Å². The topological polar surface area (TPSA) is 21.8 Å². The summed E-state index contributed by atoms with van der Waals surface area (Å²) < 4.78 is 11.2. The normalized spacial score (nSPS) is 17.4. The minimum absolute atomic E-state index is 0.0734. The van der Waals surface area contributed by atoms with Crippen LogP contribution in [-0.4, -0.2) is 13.7 Å². The van der Waals surface area contributed by atoms with Crippen LogP contribution in [0.5, 0.6) is 5.75 Å². The predicted octanol–water partition coefficient (Wildman–Crippen LogP) is 5.38. The molecule has 0 aliphatic carbocycles. The molecule has 0 spiro atoms. The fourth-order valence-electron chi connectivity index (χ4n) is 2.94. The molecular weight excluding hydrogens is 307 g/mol. The Morgan fingerprint density at radius 1 is 0.952 bits per heavy atom. The van der Waals surface area contributed by atoms with Gasteiger partial charge in [0, 0.05) is 21.0 Å². The molecule has 2 nitrogen and oxygen atoms in total. The van der Waals surface area contributed by atoms with Gasteiger partial charge in [-0.1, -0.05) is 35.3 Å². The van der Waals surface area contributed by atoms with Gasteiger partial charge in [0.25, 0.3) is 0 Å². The van der Waals surface area contributed by atoms with Gasteiger partial charge in [0.2, 0.25) is 0 Å². The van der Waals surface area contributed by atoms with Crippen LogP contribution in [0.25, 0.3) is 21.5 Å². The fraction of sp³-hybridized carbons (Fsp3) is 0.176. The van der Waals surface area contributed by atoms with Crippen LogP contribution >= 0.6 is 23.2 Å². The lowest BCUT2D eigenvalue weighted by Gasteiger charge is -2.15. The Hall–Kier alpha value is -1.48. The number of benzene rings is 3. The molecule has 4 rings (SSSR count). The maximum atomic E-state index is 6.18. The second-order valence-electron chi connectivity index (χ2n) is 5.15. The van der Waals surface area contributed by atoms with Crippen molar-refractivity contribution in [3.63, 3.8) is 0 Å². The first-order chi connectivity index (χ1) is 10.2. The highest BCUT2D eigenvalue weighted by Crippen LogP contribution is 2.47. The molecule has 1 saturated heterocycles. The lowest BCUT2D eigenvalue weighted by atomic mass is 9.94. The molecule has 0 amide bonds. The van der Waals surface area contributed by atoms with Crippen LogP contribution in [-0.2, 0) is 4.74 Å². The first-order valence-electron chi connectivity index (χ1n) is 6.69. The van der Waals surface area contributed by atoms with Crippen LogP contribution in [0.15, 0.2) is 36.4 Å². The van der Waals surface area contributed by atoms with Crippen molar-refractivity contribution in [1.82, 2.24) is 0 Å². The Kier molecular flexibility index (Phi) is 3.00. The number of fused-ring (bicyclic) bond motifs is 3. The minimum atomic E-state index is 0.0734. The standard InChI is InChI=1S/C17H12Cl2O2/c1-20-17-14-7-10(19)3-5-12(14)11-4-2-9(18)6-13(11)16(17)15-8-21-15/h2-7,15H,8H2,1H3/t15-/m1/s1. The number of epoxide rings is 1. The third kappa shape index (κ3) is 2.06. The second kappa shape index (κ2) is 4.77. The van der Waals surface area contributed by atoms with Gasteiger partial charge in [0.1, 0.15) is 11.9 Å². The van der Waals surface area contributed by atoms with E-state index in [9.17, 15) is 0 Å². The van der Waals surface area contributed by atoms with E-state index < -0.39 is 0 Å². The lowest BCUT2D eigenvalue weighted by Crippen LogP contribution is -1.95. The predicted molar refractivity (Wildman–Crippen MR) is 86.7 cm³/mol. The van der Waals surface area contributed by atoms with Gasteiger partial charge in [-0.15, -0.1) is 0 Å². The molecule has 3 aromatic carbocycles. The summed E-state index contributed by atoms with van der Waals surface area (Å²) in [5.74, 6) is 0.824. The van der Waals surface area contributed by atoms with Crippen molar-refractivity contribution in [3.8, 4) is 5.75 Å². The van der Waals surface area contributed by atoms with Gasteiger partial charge in [-0.3, -0.25) is 0 Å². The van der Waals surface area contributed by atoms with Gasteiger partial charge >= 0.3 is 0 Å². The van der Waals surface area contributed by atoms with E-state index in [1.165, 1.54) is 0 Å². The van der Waals surface area contributed by atoms with E-state index in [4.69, 9.17) is 32.7 Å². The number of hydrogen-bond donors (Lipinski definition) is 0. The Morgan fingerprint density at radius 2 is 1.52 bits per heavy atom. The van der Waals surface area contributed by atoms with Crippen molar-refractivity contribution in [3.05, 3.63) is 52.0 Å². The average molecular weight is 319 g/mol. The van der Waals surface area contributed by atoms with Crippen LogP contribution in [0.4, 0.5) is 0 Å². The molecule has 0 saturated carbocycles. The van der Waals surface area contributed by atoms with Crippen LogP contribution in [0.2, 0.25) is 10.0 Å². The highest BCUT2D eigenvalue weighted by Gasteiger charge is 2.31. The summed E-state index contributed by atoms with van der Waals surface area (Å²) in [6.07, 6.45) is 0.0734. The molecule has 1 heterocycles. The minimum Gasteiger partial charge on any atom is -0.496 e. The number of ether oxygens (including phenoxy) is 2. The Morgan fingerprint density at radius 3 is 2.10 bits per heavy atom. The molecule has 21 heavy (non-hydrogen) atoms. The smallest absolute Gasteiger partial charge is 0.133 e. The number of hydrogen-bond acceptors (Lipinski definition) is 2. The maximum absolute atomic E-state index is 6.18. The van der Waals surface area contributed by atoms with Crippen molar-refractivity contribution in [2.45, 2.75) is 6.10 Å². The van der Waals surface area contributed by atoms with Gasteiger partial charge in [0.05, 0.1) is 13.7 Å². The first-order valence-corrected chi connectivity index (χ1v) is 7.44. The molecular formula is C17H12Cl2O2. The number of rotatable bonds is 2. The summed E-state index contributed by atoms with van der Waals surface area (Å²) in [5, 5.41) is 5.73. The van der Waals surface area contributed by atoms with Gasteiger partial charge in [-0.25, -0.2) is 0 Å². The van der Waals surface area contributed by atoms with E-state index in [1.54, 1.807) is 7.11 Å². The lowest BCUT2D eigenvalue weighted by molar-refractivity contribution is 0.388. The van der Waals surface area contributed by atoms with Gasteiger partial charge in [-0.2, -0.15) is 0 Å². The maximum Gasteiger partial charge on any atom is 0.133 e. The van der Waals surface area contributed by atoms with Crippen LogP contribution < -0.4 is 4.74 Å². The zero-order valence-electron chi connectivity index (χ0n) is 11.3. The third-order valence-corrected chi connectivity index (χ3v) is 4.36. The van der Waals surface area contributed by atoms with E-state index in [0.717, 1.165) is 32.9 Å². The van der Waals surface area contributed by atoms with E-state index in [1.807, 2.05) is 36.4 Å². The summed E-state index contributed by atoms with van der Waals surface area (Å²) in [7, 11) is 1.68. The quantitative estimate of drug-likeness (QED) is 0.467. The van der Waals surface area contributed by atoms with Gasteiger partial charge in [-0.05, 0) is 40.4 Å². The van der Waals surface area contributed by atoms with E-state index in [0.29, 0.717) is 16.7 Å². The SMILES string of the molecule is COc1c([C@H]2CO2)c2cc(Cl)ccc2c2ccc(Cl)cc12. The molecule has 1 fully saturated rings. The Bertz CT molecular complexity index is 870. The molecule has 0 bridgehead atoms. The molecule has 0 N–H and O–H groups in total. The van der Waals surface area contributed by atoms with E-state index in [-0.39, 0.29) is 6.10 Å². The van der Waals surface area contributed by atoms with Crippen LogP contribution in [0.1, 0.15) is 11.7 Å². The summed E-state index contributed by atoms with van der Waals surface area (Å²) in [5.41, 5.74) is 1.06. The first kappa shape index (κ1) is 13.2. The zero-order chi connectivity index (χ0) is 14.6. The second-order valence-corrected chi connectivity index (χ2v) is 6.02. The van der Waals surface area contributed by atoms with Gasteiger partial charge in [0.15, 0.2) is 0 Å². The highest BCUT2D eigenvalue weighted by molar-refractivity contribution is 6.33. The van der Waals surface area contributed by atoms with Crippen molar-refractivity contribution in [2.75, 3.05) is 13.7 Å². The Balaban J connectivity index is 2.25. The van der Waals surface area contributed by atoms with Gasteiger partial charge < -0.3 is 9.47 Å². The summed E-state index contributed by atoms with van der Waals surface area (Å²) in [6, 6.07) is 11.8. The van der Waals surface area contributed by atoms with Crippen molar-refractivity contribution in [2.24, 2.45) is 0 Å². The number of methoxy groups -OCH3 is 1.